The van der Waals surface area contributed by atoms with Gasteiger partial charge in [0, 0.05) is 11.8 Å². The fourth-order valence-electron chi connectivity index (χ4n) is 4.79. The number of ether oxygens (including phenoxy) is 3. The number of carbonyl (C=O) groups is 3. The molecular formula is C24H24O6. The van der Waals surface area contributed by atoms with E-state index in [-0.39, 0.29) is 18.8 Å². The van der Waals surface area contributed by atoms with Crippen molar-refractivity contribution < 1.29 is 28.6 Å². The highest BCUT2D eigenvalue weighted by atomic mass is 16.6. The number of Topliss-reactive ketones (excluding diaryl/α,β-unsaturated/α-hetero) is 1. The molecule has 0 amide bonds. The van der Waals surface area contributed by atoms with E-state index in [2.05, 4.69) is 0 Å². The van der Waals surface area contributed by atoms with E-state index in [0.29, 0.717) is 11.3 Å². The van der Waals surface area contributed by atoms with Gasteiger partial charge in [0.25, 0.3) is 0 Å². The van der Waals surface area contributed by atoms with Crippen LogP contribution < -0.4 is 4.74 Å². The molecule has 4 rings (SSSR count). The second-order valence-corrected chi connectivity index (χ2v) is 8.38. The van der Waals surface area contributed by atoms with Crippen molar-refractivity contribution in [1.29, 1.82) is 0 Å². The van der Waals surface area contributed by atoms with Crippen LogP contribution in [0, 0.1) is 11.3 Å². The van der Waals surface area contributed by atoms with Crippen molar-refractivity contribution in [2.75, 3.05) is 7.11 Å². The summed E-state index contributed by atoms with van der Waals surface area (Å²) < 4.78 is 16.7. The van der Waals surface area contributed by atoms with Gasteiger partial charge in [0.15, 0.2) is 0 Å². The number of carbonyl (C=O) groups excluding carboxylic acids is 3. The van der Waals surface area contributed by atoms with E-state index in [1.165, 1.54) is 7.11 Å². The van der Waals surface area contributed by atoms with Crippen LogP contribution in [0.2, 0.25) is 0 Å². The number of hydrogen-bond acceptors (Lipinski definition) is 6. The highest BCUT2D eigenvalue weighted by Crippen LogP contribution is 2.56. The minimum Gasteiger partial charge on any atom is -0.497 e. The molecule has 2 aromatic carbocycles. The van der Waals surface area contributed by atoms with E-state index in [0.717, 1.165) is 5.56 Å². The molecule has 2 aromatic rings. The van der Waals surface area contributed by atoms with Crippen LogP contribution >= 0.6 is 0 Å². The minimum absolute atomic E-state index is 0.00984. The number of benzene rings is 2. The first-order chi connectivity index (χ1) is 14.3. The molecule has 0 aromatic heterocycles. The zero-order valence-electron chi connectivity index (χ0n) is 17.2. The van der Waals surface area contributed by atoms with Gasteiger partial charge in [0.05, 0.1) is 25.7 Å². The predicted molar refractivity (Wildman–Crippen MR) is 108 cm³/mol. The molecule has 1 aliphatic carbocycles. The lowest BCUT2D eigenvalue weighted by Gasteiger charge is -2.47. The second kappa shape index (κ2) is 7.36. The average molecular weight is 408 g/mol. The lowest BCUT2D eigenvalue weighted by Crippen LogP contribution is -2.61. The Bertz CT molecular complexity index is 996. The van der Waals surface area contributed by atoms with Crippen molar-refractivity contribution in [3.05, 3.63) is 65.7 Å². The van der Waals surface area contributed by atoms with E-state index < -0.39 is 34.8 Å². The monoisotopic (exact) mass is 408 g/mol. The molecule has 0 N–H and O–H groups in total. The number of esters is 2. The SMILES string of the molecule is COc1cccc([C@@]23C(=O)OC(=O)[C@@H]2C(C)(C)C(=O)C[C@@H]3OCc2ccccc2)c1. The van der Waals surface area contributed by atoms with Crippen LogP contribution in [0.3, 0.4) is 0 Å². The van der Waals surface area contributed by atoms with Gasteiger partial charge in [-0.1, -0.05) is 56.3 Å². The topological polar surface area (TPSA) is 78.9 Å². The average Bonchev–Trinajstić information content (AvgIpc) is 3.02. The van der Waals surface area contributed by atoms with E-state index in [9.17, 15) is 14.4 Å². The molecule has 0 unspecified atom stereocenters. The van der Waals surface area contributed by atoms with Gasteiger partial charge in [0.2, 0.25) is 0 Å². The van der Waals surface area contributed by atoms with Crippen molar-refractivity contribution in [3.63, 3.8) is 0 Å². The summed E-state index contributed by atoms with van der Waals surface area (Å²) in [6, 6.07) is 16.5. The Morgan fingerprint density at radius 2 is 1.77 bits per heavy atom. The van der Waals surface area contributed by atoms with Crippen LogP contribution in [-0.2, 0) is 35.9 Å². The first-order valence-corrected chi connectivity index (χ1v) is 9.91. The Balaban J connectivity index is 1.85. The van der Waals surface area contributed by atoms with Gasteiger partial charge in [-0.3, -0.25) is 14.4 Å². The first-order valence-electron chi connectivity index (χ1n) is 9.91. The molecule has 1 saturated carbocycles. The molecule has 0 radical (unpaired) electrons. The number of ketones is 1. The number of rotatable bonds is 5. The predicted octanol–water partition coefficient (Wildman–Crippen LogP) is 3.22. The third kappa shape index (κ3) is 2.94. The molecule has 6 heteroatoms. The van der Waals surface area contributed by atoms with Gasteiger partial charge in [-0.2, -0.15) is 0 Å². The lowest BCUT2D eigenvalue weighted by molar-refractivity contribution is -0.159. The highest BCUT2D eigenvalue weighted by Gasteiger charge is 2.71. The largest absolute Gasteiger partial charge is 0.497 e. The first kappa shape index (κ1) is 20.3. The summed E-state index contributed by atoms with van der Waals surface area (Å²) in [6.07, 6.45) is -0.829. The summed E-state index contributed by atoms with van der Waals surface area (Å²) in [5.74, 6) is -1.93. The standard InChI is InChI=1S/C24H24O6/c1-23(2)18(25)13-19(29-14-15-8-5-4-6-9-15)24(20(23)21(26)30-22(24)27)16-10-7-11-17(12-16)28-3/h4-12,19-20H,13-14H2,1-3H3/t19-,20+,24-/m0/s1. The van der Waals surface area contributed by atoms with Crippen LogP contribution in [0.15, 0.2) is 54.6 Å². The summed E-state index contributed by atoms with van der Waals surface area (Å²) in [6.45, 7) is 3.60. The third-order valence-electron chi connectivity index (χ3n) is 6.38. The number of hydrogen-bond donors (Lipinski definition) is 0. The van der Waals surface area contributed by atoms with Gasteiger partial charge in [-0.05, 0) is 23.3 Å². The van der Waals surface area contributed by atoms with E-state index in [1.807, 2.05) is 30.3 Å². The van der Waals surface area contributed by atoms with Crippen molar-refractivity contribution in [2.24, 2.45) is 11.3 Å². The smallest absolute Gasteiger partial charge is 0.327 e. The molecule has 2 aliphatic rings. The molecule has 3 atom stereocenters. The molecule has 1 aliphatic heterocycles. The van der Waals surface area contributed by atoms with E-state index >= 15 is 0 Å². The van der Waals surface area contributed by atoms with E-state index in [1.54, 1.807) is 38.1 Å². The third-order valence-corrected chi connectivity index (χ3v) is 6.38. The van der Waals surface area contributed by atoms with E-state index in [4.69, 9.17) is 14.2 Å². The Morgan fingerprint density at radius 1 is 1.03 bits per heavy atom. The van der Waals surface area contributed by atoms with Crippen molar-refractivity contribution in [2.45, 2.75) is 38.4 Å². The number of cyclic esters (lactones) is 2. The van der Waals surface area contributed by atoms with Crippen LogP contribution in [0.5, 0.6) is 5.75 Å². The fraction of sp³-hybridized carbons (Fsp3) is 0.375. The molecule has 1 heterocycles. The molecule has 30 heavy (non-hydrogen) atoms. The maximum Gasteiger partial charge on any atom is 0.327 e. The van der Waals surface area contributed by atoms with Gasteiger partial charge in [-0.25, -0.2) is 0 Å². The van der Waals surface area contributed by atoms with Crippen molar-refractivity contribution in [1.82, 2.24) is 0 Å². The molecule has 0 bridgehead atoms. The Kier molecular flexibility index (Phi) is 4.98. The highest BCUT2D eigenvalue weighted by molar-refractivity contribution is 6.08. The van der Waals surface area contributed by atoms with Crippen molar-refractivity contribution >= 4 is 17.7 Å². The quantitative estimate of drug-likeness (QED) is 0.558. The zero-order valence-corrected chi connectivity index (χ0v) is 17.2. The normalized spacial score (nSPS) is 27.5. The molecule has 0 spiro atoms. The van der Waals surface area contributed by atoms with Crippen LogP contribution in [0.1, 0.15) is 31.4 Å². The Labute approximate surface area is 175 Å². The molecule has 1 saturated heterocycles. The Morgan fingerprint density at radius 3 is 2.47 bits per heavy atom. The van der Waals surface area contributed by atoms with Gasteiger partial charge < -0.3 is 14.2 Å². The zero-order chi connectivity index (χ0) is 21.5. The summed E-state index contributed by atoms with van der Waals surface area (Å²) in [7, 11) is 1.53. The molecule has 6 nitrogen and oxygen atoms in total. The number of fused-ring (bicyclic) bond motifs is 1. The summed E-state index contributed by atoms with van der Waals surface area (Å²) >= 11 is 0. The number of methoxy groups -OCH3 is 1. The summed E-state index contributed by atoms with van der Waals surface area (Å²) in [5.41, 5.74) is -1.03. The van der Waals surface area contributed by atoms with Gasteiger partial charge in [0.1, 0.15) is 16.9 Å². The maximum absolute atomic E-state index is 13.3. The summed E-state index contributed by atoms with van der Waals surface area (Å²) in [5, 5.41) is 0. The Hall–Kier alpha value is -2.99. The molecule has 2 fully saturated rings. The van der Waals surface area contributed by atoms with Crippen LogP contribution in [0.4, 0.5) is 0 Å². The van der Waals surface area contributed by atoms with Crippen LogP contribution in [-0.4, -0.2) is 30.9 Å². The molecule has 156 valence electrons. The molecular weight excluding hydrogens is 384 g/mol. The summed E-state index contributed by atoms with van der Waals surface area (Å²) in [4.78, 5) is 39.1. The van der Waals surface area contributed by atoms with Gasteiger partial charge in [-0.15, -0.1) is 0 Å². The van der Waals surface area contributed by atoms with Crippen LogP contribution in [0.25, 0.3) is 0 Å². The second-order valence-electron chi connectivity index (χ2n) is 8.38. The fourth-order valence-corrected chi connectivity index (χ4v) is 4.79. The van der Waals surface area contributed by atoms with Gasteiger partial charge >= 0.3 is 11.9 Å². The van der Waals surface area contributed by atoms with Crippen molar-refractivity contribution in [3.8, 4) is 5.75 Å². The maximum atomic E-state index is 13.3. The lowest BCUT2D eigenvalue weighted by atomic mass is 9.52. The minimum atomic E-state index is -1.42.